The highest BCUT2D eigenvalue weighted by molar-refractivity contribution is 5.88. The fraction of sp³-hybridized carbons (Fsp3) is 0.467. The number of piperidine rings is 1. The minimum Gasteiger partial charge on any atom is -0.417 e. The lowest BCUT2D eigenvalue weighted by molar-refractivity contribution is 0.179. The zero-order chi connectivity index (χ0) is 12.1. The Morgan fingerprint density at radius 2 is 2.33 bits per heavy atom. The number of rotatable bonds is 1. The van der Waals surface area contributed by atoms with E-state index in [-0.39, 0.29) is 0 Å². The maximum Gasteiger partial charge on any atom is 0.104 e. The van der Waals surface area contributed by atoms with E-state index >= 15 is 0 Å². The Morgan fingerprint density at radius 1 is 1.39 bits per heavy atom. The lowest BCUT2D eigenvalue weighted by atomic mass is 9.76. The van der Waals surface area contributed by atoms with E-state index in [9.17, 15) is 0 Å². The van der Waals surface area contributed by atoms with Crippen molar-refractivity contribution in [2.24, 2.45) is 0 Å². The molecule has 1 aliphatic heterocycles. The van der Waals surface area contributed by atoms with Gasteiger partial charge in [-0.2, -0.15) is 4.73 Å². The van der Waals surface area contributed by atoms with Gasteiger partial charge in [-0.1, -0.05) is 12.1 Å². The first-order chi connectivity index (χ1) is 8.88. The number of hydrogen-bond donors (Lipinski definition) is 1. The number of fused-ring (bicyclic) bond motifs is 2. The van der Waals surface area contributed by atoms with Crippen molar-refractivity contribution < 1.29 is 4.84 Å². The smallest absolute Gasteiger partial charge is 0.104 e. The molecular weight excluding hydrogens is 224 g/mol. The molecule has 3 nitrogen and oxygen atoms in total. The van der Waals surface area contributed by atoms with Crippen molar-refractivity contribution in [1.29, 1.82) is 0 Å². The predicted molar refractivity (Wildman–Crippen MR) is 71.9 cm³/mol. The predicted octanol–water partition coefficient (Wildman–Crippen LogP) is 2.09. The van der Waals surface area contributed by atoms with Crippen molar-refractivity contribution >= 4 is 10.9 Å². The Balaban J connectivity index is 1.97. The van der Waals surface area contributed by atoms with E-state index in [0.29, 0.717) is 12.0 Å². The summed E-state index contributed by atoms with van der Waals surface area (Å²) < 4.78 is 1.91. The number of aromatic nitrogens is 1. The quantitative estimate of drug-likeness (QED) is 0.828. The normalized spacial score (nSPS) is 26.1. The van der Waals surface area contributed by atoms with Gasteiger partial charge in [0.15, 0.2) is 0 Å². The van der Waals surface area contributed by atoms with Crippen LogP contribution in [0.1, 0.15) is 29.9 Å². The molecule has 1 saturated heterocycles. The standard InChI is InChI=1S/C15H18N2O/c1-18-17-9-10-8-13-11(5-3-7-16-13)12-4-2-6-14(17)15(10)12/h2,4,6,9,11,13,16H,3,5,7-8H2,1H3/t11-,13-/m1/s1. The Kier molecular flexibility index (Phi) is 2.18. The Hall–Kier alpha value is -1.48. The molecule has 2 atom stereocenters. The zero-order valence-corrected chi connectivity index (χ0v) is 10.6. The summed E-state index contributed by atoms with van der Waals surface area (Å²) in [7, 11) is 1.74. The van der Waals surface area contributed by atoms with Gasteiger partial charge in [0.2, 0.25) is 0 Å². The number of hydrogen-bond acceptors (Lipinski definition) is 2. The first-order valence-corrected chi connectivity index (χ1v) is 6.79. The molecule has 18 heavy (non-hydrogen) atoms. The van der Waals surface area contributed by atoms with Gasteiger partial charge in [-0.15, -0.1) is 0 Å². The summed E-state index contributed by atoms with van der Waals surface area (Å²) >= 11 is 0. The molecule has 0 spiro atoms. The molecule has 0 amide bonds. The molecule has 1 N–H and O–H groups in total. The number of nitrogens with zero attached hydrogens (tertiary/aromatic N) is 1. The SMILES string of the molecule is COn1cc2c3c(cccc31)[C@H]1CCCN[C@@H]1C2. The van der Waals surface area contributed by atoms with Crippen molar-refractivity contribution in [3.63, 3.8) is 0 Å². The second-order valence-electron chi connectivity index (χ2n) is 5.42. The van der Waals surface area contributed by atoms with Gasteiger partial charge in [-0.3, -0.25) is 0 Å². The third-order valence-electron chi connectivity index (χ3n) is 4.53. The summed E-state index contributed by atoms with van der Waals surface area (Å²) in [5.41, 5.74) is 4.16. The first-order valence-electron chi connectivity index (χ1n) is 6.79. The minimum atomic E-state index is 0.615. The van der Waals surface area contributed by atoms with Crippen LogP contribution in [0.2, 0.25) is 0 Å². The fourth-order valence-electron chi connectivity index (χ4n) is 3.76. The summed E-state index contributed by atoms with van der Waals surface area (Å²) in [6, 6.07) is 7.23. The minimum absolute atomic E-state index is 0.615. The Morgan fingerprint density at radius 3 is 3.22 bits per heavy atom. The monoisotopic (exact) mass is 242 g/mol. The lowest BCUT2D eigenvalue weighted by Crippen LogP contribution is -2.43. The average molecular weight is 242 g/mol. The van der Waals surface area contributed by atoms with Gasteiger partial charge in [0.25, 0.3) is 0 Å². The van der Waals surface area contributed by atoms with Crippen LogP contribution in [-0.2, 0) is 6.42 Å². The average Bonchev–Trinajstić information content (AvgIpc) is 2.79. The number of benzene rings is 1. The molecule has 1 fully saturated rings. The van der Waals surface area contributed by atoms with Crippen LogP contribution in [0.5, 0.6) is 0 Å². The largest absolute Gasteiger partial charge is 0.417 e. The third-order valence-corrected chi connectivity index (χ3v) is 4.53. The summed E-state index contributed by atoms with van der Waals surface area (Å²) in [5, 5.41) is 5.12. The molecule has 1 aliphatic carbocycles. The second kappa shape index (κ2) is 3.75. The van der Waals surface area contributed by atoms with E-state index in [4.69, 9.17) is 4.84 Å². The van der Waals surface area contributed by atoms with E-state index in [1.165, 1.54) is 34.9 Å². The maximum absolute atomic E-state index is 5.44. The van der Waals surface area contributed by atoms with E-state index in [0.717, 1.165) is 13.0 Å². The fourth-order valence-corrected chi connectivity index (χ4v) is 3.76. The van der Waals surface area contributed by atoms with Crippen LogP contribution in [-0.4, -0.2) is 24.4 Å². The first kappa shape index (κ1) is 10.4. The van der Waals surface area contributed by atoms with Crippen LogP contribution in [0.4, 0.5) is 0 Å². The van der Waals surface area contributed by atoms with Gasteiger partial charge in [-0.05, 0) is 43.0 Å². The van der Waals surface area contributed by atoms with Crippen LogP contribution in [0.25, 0.3) is 10.9 Å². The van der Waals surface area contributed by atoms with Crippen LogP contribution in [0.15, 0.2) is 24.4 Å². The van der Waals surface area contributed by atoms with Crippen LogP contribution in [0.3, 0.4) is 0 Å². The van der Waals surface area contributed by atoms with Gasteiger partial charge < -0.3 is 10.2 Å². The van der Waals surface area contributed by atoms with Gasteiger partial charge >= 0.3 is 0 Å². The van der Waals surface area contributed by atoms with Crippen LogP contribution < -0.4 is 10.2 Å². The van der Waals surface area contributed by atoms with Gasteiger partial charge in [0.05, 0.1) is 5.52 Å². The summed E-state index contributed by atoms with van der Waals surface area (Å²) in [4.78, 5) is 5.44. The summed E-state index contributed by atoms with van der Waals surface area (Å²) in [6.45, 7) is 1.16. The summed E-state index contributed by atoms with van der Waals surface area (Å²) in [6.07, 6.45) is 5.89. The van der Waals surface area contributed by atoms with Crippen molar-refractivity contribution in [2.45, 2.75) is 31.2 Å². The lowest BCUT2D eigenvalue weighted by Gasteiger charge is -2.36. The Bertz CT molecular complexity index is 602. The van der Waals surface area contributed by atoms with Gasteiger partial charge in [0.1, 0.15) is 7.11 Å². The topological polar surface area (TPSA) is 26.2 Å². The molecule has 0 saturated carbocycles. The highest BCUT2D eigenvalue weighted by atomic mass is 16.6. The molecule has 0 radical (unpaired) electrons. The van der Waals surface area contributed by atoms with Crippen LogP contribution in [0, 0.1) is 0 Å². The van der Waals surface area contributed by atoms with E-state index in [1.54, 1.807) is 7.11 Å². The highest BCUT2D eigenvalue weighted by Gasteiger charge is 2.33. The molecule has 1 aromatic heterocycles. The Labute approximate surface area is 107 Å². The van der Waals surface area contributed by atoms with E-state index in [2.05, 4.69) is 29.7 Å². The number of nitrogens with one attached hydrogen (secondary N) is 1. The zero-order valence-electron chi connectivity index (χ0n) is 10.6. The van der Waals surface area contributed by atoms with E-state index in [1.807, 2.05) is 4.73 Å². The second-order valence-corrected chi connectivity index (χ2v) is 5.42. The molecular formula is C15H18N2O. The molecule has 0 unspecified atom stereocenters. The van der Waals surface area contributed by atoms with Crippen molar-refractivity contribution in [3.05, 3.63) is 35.5 Å². The van der Waals surface area contributed by atoms with Gasteiger partial charge in [0, 0.05) is 23.5 Å². The van der Waals surface area contributed by atoms with Crippen LogP contribution >= 0.6 is 0 Å². The summed E-state index contributed by atoms with van der Waals surface area (Å²) in [5.74, 6) is 0.683. The molecule has 94 valence electrons. The molecule has 2 aliphatic rings. The molecule has 2 heterocycles. The van der Waals surface area contributed by atoms with E-state index < -0.39 is 0 Å². The van der Waals surface area contributed by atoms with Crippen molar-refractivity contribution in [2.75, 3.05) is 13.7 Å². The molecule has 3 heteroatoms. The van der Waals surface area contributed by atoms with Crippen molar-refractivity contribution in [1.82, 2.24) is 10.0 Å². The molecule has 4 rings (SSSR count). The maximum atomic E-state index is 5.44. The van der Waals surface area contributed by atoms with Gasteiger partial charge in [-0.25, -0.2) is 0 Å². The molecule has 1 aromatic carbocycles. The highest BCUT2D eigenvalue weighted by Crippen LogP contribution is 2.41. The molecule has 2 aromatic rings. The third kappa shape index (κ3) is 1.28. The van der Waals surface area contributed by atoms with Crippen molar-refractivity contribution in [3.8, 4) is 0 Å². The molecule has 0 bridgehead atoms.